The summed E-state index contributed by atoms with van der Waals surface area (Å²) in [5, 5.41) is 10.5. The van der Waals surface area contributed by atoms with E-state index in [0.29, 0.717) is 18.7 Å². The third kappa shape index (κ3) is 6.17. The minimum atomic E-state index is -3.84. The number of carbonyl (C=O) groups is 2. The smallest absolute Gasteiger partial charge is 0.487 e. The van der Waals surface area contributed by atoms with Gasteiger partial charge in [-0.1, -0.05) is 42.1 Å². The van der Waals surface area contributed by atoms with Gasteiger partial charge in [-0.25, -0.2) is 4.99 Å². The highest BCUT2D eigenvalue weighted by molar-refractivity contribution is 8.15. The zero-order valence-corrected chi connectivity index (χ0v) is 17.0. The number of amides is 1. The molecule has 158 valence electrons. The zero-order valence-electron chi connectivity index (χ0n) is 15.5. The highest BCUT2D eigenvalue weighted by Crippen LogP contribution is 2.31. The normalized spacial score (nSPS) is 18.5. The maximum atomic E-state index is 12.7. The monoisotopic (exact) mass is 453 g/mol. The van der Waals surface area contributed by atoms with Crippen molar-refractivity contribution in [3.05, 3.63) is 60.2 Å². The average molecular weight is 454 g/mol. The third-order valence-corrected chi connectivity index (χ3v) is 5.41. The summed E-state index contributed by atoms with van der Waals surface area (Å²) in [5.74, 6) is -1.89. The third-order valence-electron chi connectivity index (χ3n) is 4.16. The number of aliphatic imine (C=N–C) groups is 1. The molecule has 2 aromatic carbocycles. The van der Waals surface area contributed by atoms with E-state index in [1.807, 2.05) is 30.3 Å². The SMILES string of the molecule is O=C([O-])C1CC(=O)N(CCc2ccccc2)C(=Nc2ccc(OC(F)(F)Cl)cc2)S1. The zero-order chi connectivity index (χ0) is 21.7. The maximum absolute atomic E-state index is 12.7. The molecule has 1 saturated heterocycles. The Hall–Kier alpha value is -2.65. The second-order valence-electron chi connectivity index (χ2n) is 6.35. The molecule has 0 N–H and O–H groups in total. The van der Waals surface area contributed by atoms with Crippen LogP contribution in [0.25, 0.3) is 0 Å². The Labute approximate surface area is 180 Å². The number of carbonyl (C=O) groups excluding carboxylic acids is 2. The highest BCUT2D eigenvalue weighted by Gasteiger charge is 2.32. The number of ether oxygens (including phenoxy) is 1. The first-order chi connectivity index (χ1) is 14.2. The van der Waals surface area contributed by atoms with Gasteiger partial charge in [-0.05, 0) is 36.2 Å². The van der Waals surface area contributed by atoms with Crippen LogP contribution in [0.2, 0.25) is 0 Å². The van der Waals surface area contributed by atoms with E-state index in [9.17, 15) is 23.5 Å². The molecular formula is C20H16ClF2N2O4S-. The summed E-state index contributed by atoms with van der Waals surface area (Å²) in [4.78, 5) is 29.6. The van der Waals surface area contributed by atoms with Crippen molar-refractivity contribution in [2.24, 2.45) is 4.99 Å². The van der Waals surface area contributed by atoms with Crippen molar-refractivity contribution in [1.29, 1.82) is 0 Å². The molecule has 0 radical (unpaired) electrons. The largest absolute Gasteiger partial charge is 0.549 e. The molecule has 1 aliphatic heterocycles. The summed E-state index contributed by atoms with van der Waals surface area (Å²) >= 11 is 5.65. The number of hydrogen-bond acceptors (Lipinski definition) is 6. The summed E-state index contributed by atoms with van der Waals surface area (Å²) in [6.45, 7) is 0.314. The number of carboxylic acid groups (broad SMARTS) is 1. The molecule has 1 fully saturated rings. The number of alkyl halides is 3. The lowest BCUT2D eigenvalue weighted by Crippen LogP contribution is -2.48. The fourth-order valence-electron chi connectivity index (χ4n) is 2.76. The summed E-state index contributed by atoms with van der Waals surface area (Å²) in [6.07, 6.45) is 0.359. The molecule has 1 aliphatic rings. The lowest BCUT2D eigenvalue weighted by molar-refractivity contribution is -0.304. The standard InChI is InChI=1S/C20H17ClF2N2O4S/c21-20(22,23)29-15-8-6-14(7-9-15)24-19-25(11-10-13-4-2-1-3-5-13)17(26)12-16(30-19)18(27)28/h1-9,16H,10-12H2,(H,27,28)/p-1. The lowest BCUT2D eigenvalue weighted by Gasteiger charge is -2.32. The van der Waals surface area contributed by atoms with Crippen molar-refractivity contribution in [3.63, 3.8) is 0 Å². The number of benzene rings is 2. The van der Waals surface area contributed by atoms with Crippen molar-refractivity contribution in [2.45, 2.75) is 23.7 Å². The van der Waals surface area contributed by atoms with Gasteiger partial charge in [-0.2, -0.15) is 0 Å². The minimum absolute atomic E-state index is 0.167. The number of thioether (sulfide) groups is 1. The topological polar surface area (TPSA) is 82.0 Å². The quantitative estimate of drug-likeness (QED) is 0.601. The molecule has 0 bridgehead atoms. The number of hydrogen-bond donors (Lipinski definition) is 0. The first-order valence-corrected chi connectivity index (χ1v) is 10.1. The molecule has 0 aliphatic carbocycles. The van der Waals surface area contributed by atoms with Gasteiger partial charge in [-0.3, -0.25) is 9.69 Å². The number of amidine groups is 1. The van der Waals surface area contributed by atoms with Crippen LogP contribution < -0.4 is 9.84 Å². The molecule has 0 saturated carbocycles. The van der Waals surface area contributed by atoms with E-state index < -0.39 is 16.8 Å². The molecular weight excluding hydrogens is 438 g/mol. The fourth-order valence-corrected chi connectivity index (χ4v) is 3.91. The molecule has 30 heavy (non-hydrogen) atoms. The summed E-state index contributed by atoms with van der Waals surface area (Å²) in [6, 6.07) is 14.8. The number of rotatable bonds is 7. The van der Waals surface area contributed by atoms with Gasteiger partial charge < -0.3 is 14.6 Å². The van der Waals surface area contributed by atoms with Gasteiger partial charge in [0.1, 0.15) is 5.75 Å². The predicted molar refractivity (Wildman–Crippen MR) is 108 cm³/mol. The average Bonchev–Trinajstić information content (AvgIpc) is 2.68. The number of carboxylic acids is 1. The van der Waals surface area contributed by atoms with Gasteiger partial charge in [-0.15, -0.1) is 8.78 Å². The molecule has 1 amide bonds. The van der Waals surface area contributed by atoms with Crippen LogP contribution in [0.5, 0.6) is 5.75 Å². The van der Waals surface area contributed by atoms with Crippen LogP contribution in [0.15, 0.2) is 59.6 Å². The van der Waals surface area contributed by atoms with Gasteiger partial charge in [0.2, 0.25) is 5.91 Å². The molecule has 1 atom stereocenters. The van der Waals surface area contributed by atoms with Gasteiger partial charge in [0.15, 0.2) is 5.17 Å². The lowest BCUT2D eigenvalue weighted by atomic mass is 10.1. The van der Waals surface area contributed by atoms with Gasteiger partial charge >= 0.3 is 5.57 Å². The number of nitrogens with zero attached hydrogens (tertiary/aromatic N) is 2. The molecule has 0 aromatic heterocycles. The Morgan fingerprint density at radius 3 is 2.50 bits per heavy atom. The number of aliphatic carboxylic acids is 1. The molecule has 6 nitrogen and oxygen atoms in total. The Kier molecular flexibility index (Phi) is 6.94. The highest BCUT2D eigenvalue weighted by atomic mass is 35.5. The Bertz CT molecular complexity index is 936. The van der Waals surface area contributed by atoms with E-state index in [-0.39, 0.29) is 23.2 Å². The van der Waals surface area contributed by atoms with Crippen molar-refractivity contribution in [1.82, 2.24) is 4.90 Å². The molecule has 2 aromatic rings. The molecule has 1 unspecified atom stereocenters. The second-order valence-corrected chi connectivity index (χ2v) is 7.96. The van der Waals surface area contributed by atoms with E-state index in [1.54, 1.807) is 0 Å². The fraction of sp³-hybridized carbons (Fsp3) is 0.250. The van der Waals surface area contributed by atoms with Crippen LogP contribution in [0.4, 0.5) is 14.5 Å². The molecule has 3 rings (SSSR count). The van der Waals surface area contributed by atoms with E-state index in [0.717, 1.165) is 17.3 Å². The van der Waals surface area contributed by atoms with E-state index >= 15 is 0 Å². The summed E-state index contributed by atoms with van der Waals surface area (Å²) < 4.78 is 29.7. The van der Waals surface area contributed by atoms with Crippen LogP contribution in [0.1, 0.15) is 12.0 Å². The first kappa shape index (κ1) is 22.0. The Balaban J connectivity index is 1.81. The van der Waals surface area contributed by atoms with Crippen molar-refractivity contribution < 1.29 is 28.2 Å². The molecule has 10 heteroatoms. The van der Waals surface area contributed by atoms with E-state index in [4.69, 9.17) is 11.6 Å². The van der Waals surface area contributed by atoms with Crippen molar-refractivity contribution in [3.8, 4) is 5.75 Å². The number of halogens is 3. The molecule has 0 spiro atoms. The second kappa shape index (κ2) is 9.44. The van der Waals surface area contributed by atoms with Crippen LogP contribution in [-0.4, -0.2) is 39.3 Å². The van der Waals surface area contributed by atoms with Crippen LogP contribution >= 0.6 is 23.4 Å². The first-order valence-electron chi connectivity index (χ1n) is 8.87. The summed E-state index contributed by atoms with van der Waals surface area (Å²) in [5.41, 5.74) is -2.49. The van der Waals surface area contributed by atoms with Gasteiger partial charge in [0.05, 0.1) is 16.9 Å². The van der Waals surface area contributed by atoms with Crippen LogP contribution in [0, 0.1) is 0 Å². The Morgan fingerprint density at radius 1 is 1.23 bits per heavy atom. The van der Waals surface area contributed by atoms with Crippen molar-refractivity contribution >= 4 is 46.1 Å². The predicted octanol–water partition coefficient (Wildman–Crippen LogP) is 3.17. The molecule has 1 heterocycles. The van der Waals surface area contributed by atoms with Crippen LogP contribution in [-0.2, 0) is 16.0 Å². The van der Waals surface area contributed by atoms with E-state index in [1.165, 1.54) is 29.2 Å². The van der Waals surface area contributed by atoms with Gasteiger partial charge in [0, 0.05) is 24.6 Å². The van der Waals surface area contributed by atoms with E-state index in [2.05, 4.69) is 9.73 Å². The van der Waals surface area contributed by atoms with Gasteiger partial charge in [0.25, 0.3) is 0 Å². The minimum Gasteiger partial charge on any atom is -0.549 e. The van der Waals surface area contributed by atoms with Crippen LogP contribution in [0.3, 0.4) is 0 Å². The Morgan fingerprint density at radius 2 is 1.90 bits per heavy atom. The maximum Gasteiger partial charge on any atom is 0.487 e. The van der Waals surface area contributed by atoms with Crippen molar-refractivity contribution in [2.75, 3.05) is 6.54 Å². The summed E-state index contributed by atoms with van der Waals surface area (Å²) in [7, 11) is 0.